The second kappa shape index (κ2) is 5.48. The zero-order chi connectivity index (χ0) is 14.0. The molecule has 2 nitrogen and oxygen atoms in total. The molecule has 1 atom stereocenters. The molecular weight excluding hydrogens is 268 g/mol. The van der Waals surface area contributed by atoms with E-state index in [-0.39, 0.29) is 5.75 Å². The predicted octanol–water partition coefficient (Wildman–Crippen LogP) is 3.16. The maximum Gasteiger partial charge on any atom is 0.159 e. The monoisotopic (exact) mass is 281 g/mol. The Bertz CT molecular complexity index is 643. The van der Waals surface area contributed by atoms with Gasteiger partial charge in [0.05, 0.1) is 16.6 Å². The quantitative estimate of drug-likeness (QED) is 0.878. The van der Waals surface area contributed by atoms with Gasteiger partial charge in [0, 0.05) is 10.6 Å². The number of halogens is 2. The first-order valence-corrected chi connectivity index (χ1v) is 6.97. The van der Waals surface area contributed by atoms with Crippen LogP contribution in [0.3, 0.4) is 0 Å². The number of aryl methyl sites for hydroxylation is 1. The molecule has 0 heterocycles. The van der Waals surface area contributed by atoms with Crippen LogP contribution in [0, 0.1) is 18.6 Å². The number of benzene rings is 2. The minimum atomic E-state index is -1.31. The summed E-state index contributed by atoms with van der Waals surface area (Å²) in [6.07, 6.45) is 0. The fourth-order valence-electron chi connectivity index (χ4n) is 1.79. The van der Waals surface area contributed by atoms with Gasteiger partial charge in [0.15, 0.2) is 11.6 Å². The molecule has 0 fully saturated rings. The van der Waals surface area contributed by atoms with Gasteiger partial charge < -0.3 is 5.73 Å². The molecule has 19 heavy (non-hydrogen) atoms. The lowest BCUT2D eigenvalue weighted by Gasteiger charge is -2.07. The van der Waals surface area contributed by atoms with Crippen molar-refractivity contribution in [3.05, 3.63) is 59.2 Å². The molecule has 2 aromatic carbocycles. The average Bonchev–Trinajstić information content (AvgIpc) is 2.33. The summed E-state index contributed by atoms with van der Waals surface area (Å²) in [5, 5.41) is 0. The van der Waals surface area contributed by atoms with Gasteiger partial charge in [-0.05, 0) is 48.4 Å². The van der Waals surface area contributed by atoms with Crippen molar-refractivity contribution in [3.8, 4) is 0 Å². The Morgan fingerprint density at radius 2 is 1.84 bits per heavy atom. The minimum Gasteiger partial charge on any atom is -0.399 e. The van der Waals surface area contributed by atoms with Gasteiger partial charge in [0.2, 0.25) is 0 Å². The standard InChI is InChI=1S/C14H13F2NOS/c1-9-6-11(17)3-5-14(9)19(18)8-10-2-4-12(15)13(16)7-10/h2-7H,8,17H2,1H3. The van der Waals surface area contributed by atoms with Crippen LogP contribution in [0.2, 0.25) is 0 Å². The Morgan fingerprint density at radius 3 is 2.47 bits per heavy atom. The van der Waals surface area contributed by atoms with E-state index >= 15 is 0 Å². The van der Waals surface area contributed by atoms with E-state index in [2.05, 4.69) is 0 Å². The van der Waals surface area contributed by atoms with Crippen molar-refractivity contribution in [1.29, 1.82) is 0 Å². The molecule has 0 saturated heterocycles. The minimum absolute atomic E-state index is 0.141. The maximum absolute atomic E-state index is 13.1. The molecule has 0 aliphatic carbocycles. The Morgan fingerprint density at radius 1 is 1.11 bits per heavy atom. The Hall–Kier alpha value is -1.75. The third-order valence-electron chi connectivity index (χ3n) is 2.73. The van der Waals surface area contributed by atoms with Gasteiger partial charge in [0.1, 0.15) is 0 Å². The molecule has 2 rings (SSSR count). The van der Waals surface area contributed by atoms with Gasteiger partial charge in [-0.3, -0.25) is 4.21 Å². The van der Waals surface area contributed by atoms with Crippen molar-refractivity contribution in [2.45, 2.75) is 17.6 Å². The van der Waals surface area contributed by atoms with Crippen molar-refractivity contribution in [1.82, 2.24) is 0 Å². The molecule has 5 heteroatoms. The Kier molecular flexibility index (Phi) is 3.95. The van der Waals surface area contributed by atoms with Crippen LogP contribution in [0.25, 0.3) is 0 Å². The van der Waals surface area contributed by atoms with Crippen LogP contribution >= 0.6 is 0 Å². The topological polar surface area (TPSA) is 43.1 Å². The summed E-state index contributed by atoms with van der Waals surface area (Å²) in [6.45, 7) is 1.81. The summed E-state index contributed by atoms with van der Waals surface area (Å²) in [5.74, 6) is -1.69. The number of nitrogen functional groups attached to an aromatic ring is 1. The van der Waals surface area contributed by atoms with Crippen LogP contribution in [0.4, 0.5) is 14.5 Å². The lowest BCUT2D eigenvalue weighted by Crippen LogP contribution is -2.00. The maximum atomic E-state index is 13.1. The smallest absolute Gasteiger partial charge is 0.159 e. The molecule has 2 aromatic rings. The van der Waals surface area contributed by atoms with E-state index in [0.29, 0.717) is 16.1 Å². The van der Waals surface area contributed by atoms with E-state index < -0.39 is 22.4 Å². The number of hydrogen-bond donors (Lipinski definition) is 1. The highest BCUT2D eigenvalue weighted by Crippen LogP contribution is 2.20. The van der Waals surface area contributed by atoms with Crippen LogP contribution in [0.5, 0.6) is 0 Å². The summed E-state index contributed by atoms with van der Waals surface area (Å²) in [7, 11) is -1.31. The molecule has 100 valence electrons. The second-order valence-electron chi connectivity index (χ2n) is 4.26. The van der Waals surface area contributed by atoms with Crippen molar-refractivity contribution in [3.63, 3.8) is 0 Å². The highest BCUT2D eigenvalue weighted by molar-refractivity contribution is 7.84. The first-order valence-electron chi connectivity index (χ1n) is 5.66. The molecule has 1 unspecified atom stereocenters. The molecule has 0 amide bonds. The van der Waals surface area contributed by atoms with Crippen LogP contribution in [0.1, 0.15) is 11.1 Å². The SMILES string of the molecule is Cc1cc(N)ccc1S(=O)Cc1ccc(F)c(F)c1. The summed E-state index contributed by atoms with van der Waals surface area (Å²) in [4.78, 5) is 0.652. The summed E-state index contributed by atoms with van der Waals surface area (Å²) in [6, 6.07) is 8.64. The van der Waals surface area contributed by atoms with Crippen molar-refractivity contribution in [2.24, 2.45) is 0 Å². The second-order valence-corrected chi connectivity index (χ2v) is 5.68. The van der Waals surface area contributed by atoms with Gasteiger partial charge >= 0.3 is 0 Å². The molecule has 0 spiro atoms. The van der Waals surface area contributed by atoms with E-state index in [1.54, 1.807) is 18.2 Å². The van der Waals surface area contributed by atoms with Gasteiger partial charge in [-0.15, -0.1) is 0 Å². The molecule has 0 bridgehead atoms. The van der Waals surface area contributed by atoms with Gasteiger partial charge in [-0.1, -0.05) is 6.07 Å². The van der Waals surface area contributed by atoms with Crippen molar-refractivity contribution < 1.29 is 13.0 Å². The Balaban J connectivity index is 2.23. The van der Waals surface area contributed by atoms with E-state index in [0.717, 1.165) is 17.7 Å². The lowest BCUT2D eigenvalue weighted by molar-refractivity contribution is 0.507. The normalized spacial score (nSPS) is 12.4. The van der Waals surface area contributed by atoms with E-state index in [9.17, 15) is 13.0 Å². The molecule has 2 N–H and O–H groups in total. The predicted molar refractivity (Wildman–Crippen MR) is 72.1 cm³/mol. The average molecular weight is 281 g/mol. The first kappa shape index (κ1) is 13.7. The molecular formula is C14H13F2NOS. The lowest BCUT2D eigenvalue weighted by atomic mass is 10.2. The fourth-order valence-corrected chi connectivity index (χ4v) is 3.06. The third kappa shape index (κ3) is 3.17. The van der Waals surface area contributed by atoms with Crippen LogP contribution in [-0.4, -0.2) is 4.21 Å². The third-order valence-corrected chi connectivity index (χ3v) is 4.27. The number of nitrogens with two attached hydrogens (primary N) is 1. The molecule has 0 radical (unpaired) electrons. The number of anilines is 1. The Labute approximate surface area is 112 Å². The fraction of sp³-hybridized carbons (Fsp3) is 0.143. The van der Waals surface area contributed by atoms with Gasteiger partial charge in [-0.2, -0.15) is 0 Å². The number of hydrogen-bond acceptors (Lipinski definition) is 2. The largest absolute Gasteiger partial charge is 0.399 e. The zero-order valence-electron chi connectivity index (χ0n) is 10.3. The highest BCUT2D eigenvalue weighted by Gasteiger charge is 2.10. The van der Waals surface area contributed by atoms with E-state index in [1.807, 2.05) is 6.92 Å². The van der Waals surface area contributed by atoms with Gasteiger partial charge in [0.25, 0.3) is 0 Å². The van der Waals surface area contributed by atoms with Crippen molar-refractivity contribution >= 4 is 16.5 Å². The summed E-state index contributed by atoms with van der Waals surface area (Å²) in [5.41, 5.74) is 7.54. The highest BCUT2D eigenvalue weighted by atomic mass is 32.2. The van der Waals surface area contributed by atoms with E-state index in [4.69, 9.17) is 5.73 Å². The van der Waals surface area contributed by atoms with E-state index in [1.165, 1.54) is 6.07 Å². The molecule has 0 aromatic heterocycles. The van der Waals surface area contributed by atoms with Crippen LogP contribution in [0.15, 0.2) is 41.3 Å². The molecule has 0 saturated carbocycles. The molecule has 0 aliphatic heterocycles. The first-order chi connectivity index (χ1) is 8.97. The summed E-state index contributed by atoms with van der Waals surface area (Å²) >= 11 is 0. The molecule has 0 aliphatic rings. The summed E-state index contributed by atoms with van der Waals surface area (Å²) < 4.78 is 38.1. The zero-order valence-corrected chi connectivity index (χ0v) is 11.1. The van der Waals surface area contributed by atoms with Gasteiger partial charge in [-0.25, -0.2) is 8.78 Å². The van der Waals surface area contributed by atoms with Crippen LogP contribution in [-0.2, 0) is 16.6 Å². The number of rotatable bonds is 3. The van der Waals surface area contributed by atoms with Crippen molar-refractivity contribution in [2.75, 3.05) is 5.73 Å². The van der Waals surface area contributed by atoms with Crippen LogP contribution < -0.4 is 5.73 Å².